The van der Waals surface area contributed by atoms with Crippen LogP contribution < -0.4 is 11.1 Å². The second-order valence-electron chi connectivity index (χ2n) is 11.3. The van der Waals surface area contributed by atoms with Crippen LogP contribution in [-0.2, 0) is 14.3 Å². The van der Waals surface area contributed by atoms with E-state index < -0.39 is 12.2 Å². The van der Waals surface area contributed by atoms with Gasteiger partial charge in [-0.15, -0.1) is 0 Å². The SMILES string of the molecule is COC1CC(CCC(=O)[C@H](O)C(=O)CCCC2CCCCC2)CC(CC2CCNC(N)C2)C1O. The number of ether oxygens (including phenoxy) is 1. The minimum Gasteiger partial charge on any atom is -0.390 e. The van der Waals surface area contributed by atoms with Crippen LogP contribution in [0.5, 0.6) is 0 Å². The number of nitrogens with two attached hydrogens (primary N) is 1. The zero-order valence-electron chi connectivity index (χ0n) is 21.1. The Kier molecular flexibility index (Phi) is 11.4. The van der Waals surface area contributed by atoms with Gasteiger partial charge in [0.15, 0.2) is 17.7 Å². The maximum atomic E-state index is 12.6. The molecular weight excluding hydrogens is 432 g/mol. The molecule has 1 aliphatic heterocycles. The molecule has 3 rings (SSSR count). The van der Waals surface area contributed by atoms with Crippen molar-refractivity contribution in [2.45, 2.75) is 121 Å². The number of carbonyl (C=O) groups is 2. The molecule has 0 aromatic rings. The van der Waals surface area contributed by atoms with E-state index in [1.54, 1.807) is 7.11 Å². The number of piperidine rings is 1. The first-order chi connectivity index (χ1) is 16.4. The van der Waals surface area contributed by atoms with Crippen LogP contribution in [0, 0.1) is 23.7 Å². The minimum atomic E-state index is -1.48. The highest BCUT2D eigenvalue weighted by atomic mass is 16.5. The minimum absolute atomic E-state index is 0.0211. The monoisotopic (exact) mass is 480 g/mol. The molecule has 5 N–H and O–H groups in total. The second kappa shape index (κ2) is 14.0. The lowest BCUT2D eigenvalue weighted by atomic mass is 9.71. The van der Waals surface area contributed by atoms with E-state index in [-0.39, 0.29) is 42.1 Å². The standard InChI is InChI=1S/C27H48N2O5/c1-34-24-16-19(14-21(26(24)32)15-20-12-13-29-25(28)17-20)10-11-23(31)27(33)22(30)9-5-8-18-6-3-2-4-7-18/h18-21,24-27,29,32-33H,2-17,28H2,1H3/t19?,20?,21?,24?,25?,26?,27-/m1/s1. The molecule has 0 aromatic heterocycles. The molecule has 3 aliphatic rings. The average molecular weight is 481 g/mol. The lowest BCUT2D eigenvalue weighted by Crippen LogP contribution is -2.47. The van der Waals surface area contributed by atoms with Crippen LogP contribution in [0.2, 0.25) is 0 Å². The van der Waals surface area contributed by atoms with Gasteiger partial charge in [0.25, 0.3) is 0 Å². The maximum absolute atomic E-state index is 12.6. The van der Waals surface area contributed by atoms with Gasteiger partial charge < -0.3 is 26.0 Å². The van der Waals surface area contributed by atoms with Crippen molar-refractivity contribution in [1.82, 2.24) is 5.32 Å². The number of methoxy groups -OCH3 is 1. The number of aliphatic hydroxyl groups excluding tert-OH is 2. The van der Waals surface area contributed by atoms with Gasteiger partial charge in [-0.2, -0.15) is 0 Å². The third-order valence-electron chi connectivity index (χ3n) is 8.72. The van der Waals surface area contributed by atoms with Crippen LogP contribution in [0.4, 0.5) is 0 Å². The maximum Gasteiger partial charge on any atom is 0.170 e. The second-order valence-corrected chi connectivity index (χ2v) is 11.3. The molecule has 6 unspecified atom stereocenters. The Morgan fingerprint density at radius 3 is 2.41 bits per heavy atom. The fraction of sp³-hybridized carbons (Fsp3) is 0.926. The van der Waals surface area contributed by atoms with E-state index in [9.17, 15) is 19.8 Å². The van der Waals surface area contributed by atoms with Crippen molar-refractivity contribution < 1.29 is 24.5 Å². The van der Waals surface area contributed by atoms with Gasteiger partial charge in [0.1, 0.15) is 0 Å². The third-order valence-corrected chi connectivity index (χ3v) is 8.72. The number of hydrogen-bond donors (Lipinski definition) is 4. The van der Waals surface area contributed by atoms with E-state index in [1.807, 2.05) is 0 Å². The van der Waals surface area contributed by atoms with E-state index in [1.165, 1.54) is 32.1 Å². The summed E-state index contributed by atoms with van der Waals surface area (Å²) < 4.78 is 5.59. The number of hydrogen-bond acceptors (Lipinski definition) is 7. The average Bonchev–Trinajstić information content (AvgIpc) is 2.84. The zero-order chi connectivity index (χ0) is 24.5. The van der Waals surface area contributed by atoms with Crippen molar-refractivity contribution in [3.8, 4) is 0 Å². The molecule has 7 atom stereocenters. The van der Waals surface area contributed by atoms with Crippen LogP contribution in [0.25, 0.3) is 0 Å². The highest BCUT2D eigenvalue weighted by molar-refractivity contribution is 6.04. The molecule has 196 valence electrons. The molecule has 2 saturated carbocycles. The molecule has 7 heteroatoms. The molecule has 7 nitrogen and oxygen atoms in total. The smallest absolute Gasteiger partial charge is 0.170 e. The zero-order valence-corrected chi connectivity index (χ0v) is 21.1. The summed E-state index contributed by atoms with van der Waals surface area (Å²) in [5.41, 5.74) is 6.06. The van der Waals surface area contributed by atoms with Crippen molar-refractivity contribution >= 4 is 11.6 Å². The molecule has 0 spiro atoms. The van der Waals surface area contributed by atoms with Crippen molar-refractivity contribution in [1.29, 1.82) is 0 Å². The Labute approximate surface area is 205 Å². The van der Waals surface area contributed by atoms with Gasteiger partial charge in [0.2, 0.25) is 0 Å². The summed E-state index contributed by atoms with van der Waals surface area (Å²) >= 11 is 0. The van der Waals surface area contributed by atoms with Gasteiger partial charge in [-0.3, -0.25) is 9.59 Å². The van der Waals surface area contributed by atoms with Gasteiger partial charge in [0.05, 0.1) is 18.4 Å². The van der Waals surface area contributed by atoms with Crippen LogP contribution in [0.3, 0.4) is 0 Å². The molecular formula is C27H48N2O5. The number of Topliss-reactive ketones (excluding diaryl/α,β-unsaturated/α-hetero) is 2. The van der Waals surface area contributed by atoms with E-state index in [2.05, 4.69) is 5.32 Å². The van der Waals surface area contributed by atoms with E-state index in [4.69, 9.17) is 10.5 Å². The Morgan fingerprint density at radius 2 is 1.71 bits per heavy atom. The molecule has 1 heterocycles. The number of aliphatic hydroxyl groups is 2. The van der Waals surface area contributed by atoms with Crippen LogP contribution in [0.15, 0.2) is 0 Å². The molecule has 3 fully saturated rings. The van der Waals surface area contributed by atoms with Crippen LogP contribution in [0.1, 0.15) is 96.3 Å². The molecule has 0 aromatic carbocycles. The van der Waals surface area contributed by atoms with Gasteiger partial charge in [-0.05, 0) is 75.2 Å². The first-order valence-corrected chi connectivity index (χ1v) is 13.8. The van der Waals surface area contributed by atoms with Crippen LogP contribution in [-0.4, -0.2) is 59.9 Å². The Hall–Kier alpha value is -0.860. The molecule has 2 aliphatic carbocycles. The molecule has 0 amide bonds. The van der Waals surface area contributed by atoms with Gasteiger partial charge in [-0.1, -0.05) is 38.5 Å². The third kappa shape index (κ3) is 8.37. The topological polar surface area (TPSA) is 122 Å². The highest BCUT2D eigenvalue weighted by Gasteiger charge is 2.38. The Bertz CT molecular complexity index is 639. The molecule has 0 radical (unpaired) electrons. The number of rotatable bonds is 12. The van der Waals surface area contributed by atoms with Gasteiger partial charge in [-0.25, -0.2) is 0 Å². The molecule has 1 saturated heterocycles. The molecule has 34 heavy (non-hydrogen) atoms. The van der Waals surface area contributed by atoms with Crippen molar-refractivity contribution in [2.75, 3.05) is 13.7 Å². The fourth-order valence-corrected chi connectivity index (χ4v) is 6.66. The summed E-state index contributed by atoms with van der Waals surface area (Å²) in [7, 11) is 1.63. The van der Waals surface area contributed by atoms with Gasteiger partial charge in [0, 0.05) is 20.0 Å². The summed E-state index contributed by atoms with van der Waals surface area (Å²) in [4.78, 5) is 24.9. The number of ketones is 2. The number of nitrogens with one attached hydrogen (secondary N) is 1. The molecule has 0 bridgehead atoms. The van der Waals surface area contributed by atoms with E-state index in [0.717, 1.165) is 45.1 Å². The van der Waals surface area contributed by atoms with E-state index in [0.29, 0.717) is 31.1 Å². The van der Waals surface area contributed by atoms with Crippen molar-refractivity contribution in [2.24, 2.45) is 29.4 Å². The van der Waals surface area contributed by atoms with Crippen molar-refractivity contribution in [3.05, 3.63) is 0 Å². The normalized spacial score (nSPS) is 34.0. The van der Waals surface area contributed by atoms with E-state index >= 15 is 0 Å². The number of carbonyl (C=O) groups excluding carboxylic acids is 2. The fourth-order valence-electron chi connectivity index (χ4n) is 6.66. The highest BCUT2D eigenvalue weighted by Crippen LogP contribution is 2.38. The predicted molar refractivity (Wildman–Crippen MR) is 132 cm³/mol. The summed E-state index contributed by atoms with van der Waals surface area (Å²) in [6.45, 7) is 0.910. The lowest BCUT2D eigenvalue weighted by Gasteiger charge is -2.41. The quantitative estimate of drug-likeness (QED) is 0.317. The first kappa shape index (κ1) is 27.7. The largest absolute Gasteiger partial charge is 0.390 e. The summed E-state index contributed by atoms with van der Waals surface area (Å²) in [5, 5.41) is 24.4. The van der Waals surface area contributed by atoms with Gasteiger partial charge >= 0.3 is 0 Å². The Balaban J connectivity index is 1.42. The Morgan fingerprint density at radius 1 is 0.971 bits per heavy atom. The van der Waals surface area contributed by atoms with Crippen molar-refractivity contribution in [3.63, 3.8) is 0 Å². The first-order valence-electron chi connectivity index (χ1n) is 13.8. The van der Waals surface area contributed by atoms with Crippen LogP contribution >= 0.6 is 0 Å². The summed E-state index contributed by atoms with van der Waals surface area (Å²) in [5.74, 6) is 0.880. The predicted octanol–water partition coefficient (Wildman–Crippen LogP) is 3.09. The summed E-state index contributed by atoms with van der Waals surface area (Å²) in [6.07, 6.45) is 11.6. The summed E-state index contributed by atoms with van der Waals surface area (Å²) in [6, 6.07) is 0. The lowest BCUT2D eigenvalue weighted by molar-refractivity contribution is -0.139.